The normalized spacial score (nSPS) is 22.1. The standard InChI is InChI=1S/C22H31N3O2/c1-16(2)18-8-6-17(7-9-18)14-24(19-10-11-19)15-25-20(26)22(23-21(25)27)12-4-3-5-13-22/h6-9,16,19H,3-5,10-15H2,1-2H3,(H,23,27). The van der Waals surface area contributed by atoms with Gasteiger partial charge in [-0.25, -0.2) is 9.69 Å². The molecule has 1 saturated heterocycles. The number of hydrogen-bond donors (Lipinski definition) is 1. The molecule has 2 aliphatic carbocycles. The first-order chi connectivity index (χ1) is 13.0. The first kappa shape index (κ1) is 18.5. The van der Waals surface area contributed by atoms with E-state index in [1.165, 1.54) is 16.0 Å². The molecular weight excluding hydrogens is 338 g/mol. The van der Waals surface area contributed by atoms with Gasteiger partial charge in [0.2, 0.25) is 0 Å². The van der Waals surface area contributed by atoms with E-state index >= 15 is 0 Å². The molecule has 1 aromatic rings. The Morgan fingerprint density at radius 2 is 1.78 bits per heavy atom. The van der Waals surface area contributed by atoms with E-state index in [4.69, 9.17) is 0 Å². The quantitative estimate of drug-likeness (QED) is 0.772. The summed E-state index contributed by atoms with van der Waals surface area (Å²) in [6.45, 7) is 5.59. The highest BCUT2D eigenvalue weighted by Gasteiger charge is 2.52. The lowest BCUT2D eigenvalue weighted by Crippen LogP contribution is -2.49. The van der Waals surface area contributed by atoms with Crippen LogP contribution in [0.2, 0.25) is 0 Å². The number of urea groups is 1. The van der Waals surface area contributed by atoms with Crippen LogP contribution in [0.3, 0.4) is 0 Å². The SMILES string of the molecule is CC(C)c1ccc(CN(CN2C(=O)NC3(CCCCC3)C2=O)C2CC2)cc1. The van der Waals surface area contributed by atoms with E-state index in [0.29, 0.717) is 18.6 Å². The van der Waals surface area contributed by atoms with Crippen molar-refractivity contribution in [2.24, 2.45) is 0 Å². The van der Waals surface area contributed by atoms with Crippen molar-refractivity contribution in [2.45, 2.75) is 82.8 Å². The number of nitrogens with zero attached hydrogens (tertiary/aromatic N) is 2. The Balaban J connectivity index is 1.45. The Bertz CT molecular complexity index is 703. The van der Waals surface area contributed by atoms with E-state index in [-0.39, 0.29) is 11.9 Å². The number of amides is 3. The fourth-order valence-electron chi connectivity index (χ4n) is 4.46. The molecule has 1 spiro atoms. The first-order valence-electron chi connectivity index (χ1n) is 10.5. The summed E-state index contributed by atoms with van der Waals surface area (Å²) in [6.07, 6.45) is 7.08. The molecule has 1 aromatic carbocycles. The number of carbonyl (C=O) groups excluding carboxylic acids is 2. The van der Waals surface area contributed by atoms with Gasteiger partial charge in [-0.2, -0.15) is 0 Å². The van der Waals surface area contributed by atoms with Gasteiger partial charge < -0.3 is 5.32 Å². The molecule has 146 valence electrons. The van der Waals surface area contributed by atoms with Crippen molar-refractivity contribution in [2.75, 3.05) is 6.67 Å². The molecule has 3 aliphatic rings. The van der Waals surface area contributed by atoms with E-state index in [1.54, 1.807) is 0 Å². The van der Waals surface area contributed by atoms with Gasteiger partial charge in [0, 0.05) is 12.6 Å². The first-order valence-corrected chi connectivity index (χ1v) is 10.5. The summed E-state index contributed by atoms with van der Waals surface area (Å²) in [4.78, 5) is 29.4. The summed E-state index contributed by atoms with van der Waals surface area (Å²) in [5.41, 5.74) is 1.96. The minimum Gasteiger partial charge on any atom is -0.323 e. The maximum Gasteiger partial charge on any atom is 0.326 e. The monoisotopic (exact) mass is 369 g/mol. The second kappa shape index (κ2) is 7.27. The van der Waals surface area contributed by atoms with Crippen LogP contribution >= 0.6 is 0 Å². The molecule has 0 aromatic heterocycles. The second-order valence-corrected chi connectivity index (χ2v) is 8.82. The zero-order valence-electron chi connectivity index (χ0n) is 16.5. The van der Waals surface area contributed by atoms with Gasteiger partial charge in [-0.05, 0) is 42.7 Å². The van der Waals surface area contributed by atoms with Crippen LogP contribution < -0.4 is 5.32 Å². The number of imide groups is 1. The summed E-state index contributed by atoms with van der Waals surface area (Å²) in [5.74, 6) is 0.518. The van der Waals surface area contributed by atoms with Gasteiger partial charge in [-0.3, -0.25) is 9.69 Å². The summed E-state index contributed by atoms with van der Waals surface area (Å²) in [5, 5.41) is 3.03. The number of hydrogen-bond acceptors (Lipinski definition) is 3. The third kappa shape index (κ3) is 3.75. The van der Waals surface area contributed by atoms with Crippen LogP contribution in [-0.4, -0.2) is 40.0 Å². The minimum atomic E-state index is -0.622. The molecule has 5 nitrogen and oxygen atoms in total. The minimum absolute atomic E-state index is 0.00648. The van der Waals surface area contributed by atoms with Crippen molar-refractivity contribution in [3.63, 3.8) is 0 Å². The second-order valence-electron chi connectivity index (χ2n) is 8.82. The van der Waals surface area contributed by atoms with Crippen molar-refractivity contribution in [3.8, 4) is 0 Å². The van der Waals surface area contributed by atoms with E-state index < -0.39 is 5.54 Å². The fourth-order valence-corrected chi connectivity index (χ4v) is 4.46. The highest BCUT2D eigenvalue weighted by Crippen LogP contribution is 2.35. The van der Waals surface area contributed by atoms with Crippen LogP contribution in [-0.2, 0) is 11.3 Å². The van der Waals surface area contributed by atoms with Crippen LogP contribution in [0.4, 0.5) is 4.79 Å². The highest BCUT2D eigenvalue weighted by molar-refractivity contribution is 6.07. The summed E-state index contributed by atoms with van der Waals surface area (Å²) < 4.78 is 0. The maximum absolute atomic E-state index is 13.1. The van der Waals surface area contributed by atoms with Crippen molar-refractivity contribution in [1.82, 2.24) is 15.1 Å². The Morgan fingerprint density at radius 3 is 2.37 bits per heavy atom. The van der Waals surface area contributed by atoms with Gasteiger partial charge in [0.05, 0.1) is 6.67 Å². The van der Waals surface area contributed by atoms with Gasteiger partial charge in [-0.15, -0.1) is 0 Å². The van der Waals surface area contributed by atoms with Crippen LogP contribution in [0.15, 0.2) is 24.3 Å². The topological polar surface area (TPSA) is 52.6 Å². The number of benzene rings is 1. The zero-order chi connectivity index (χ0) is 19.0. The molecule has 1 aliphatic heterocycles. The molecule has 5 heteroatoms. The van der Waals surface area contributed by atoms with E-state index in [0.717, 1.165) is 51.5 Å². The predicted octanol–water partition coefficient (Wildman–Crippen LogP) is 3.99. The molecule has 3 amide bonds. The van der Waals surface area contributed by atoms with Crippen molar-refractivity contribution in [3.05, 3.63) is 35.4 Å². The summed E-state index contributed by atoms with van der Waals surface area (Å²) >= 11 is 0. The van der Waals surface area contributed by atoms with Gasteiger partial charge in [-0.1, -0.05) is 57.4 Å². The molecule has 3 fully saturated rings. The van der Waals surface area contributed by atoms with Crippen LogP contribution in [0.5, 0.6) is 0 Å². The lowest BCUT2D eigenvalue weighted by atomic mass is 9.82. The number of carbonyl (C=O) groups is 2. The van der Waals surface area contributed by atoms with Crippen LogP contribution in [0.25, 0.3) is 0 Å². The third-order valence-electron chi connectivity index (χ3n) is 6.37. The molecule has 0 unspecified atom stereocenters. The van der Waals surface area contributed by atoms with E-state index in [9.17, 15) is 9.59 Å². The van der Waals surface area contributed by atoms with Crippen LogP contribution in [0, 0.1) is 0 Å². The van der Waals surface area contributed by atoms with Crippen molar-refractivity contribution < 1.29 is 9.59 Å². The smallest absolute Gasteiger partial charge is 0.323 e. The van der Waals surface area contributed by atoms with Gasteiger partial charge in [0.1, 0.15) is 5.54 Å². The third-order valence-corrected chi connectivity index (χ3v) is 6.37. The summed E-state index contributed by atoms with van der Waals surface area (Å²) in [7, 11) is 0. The lowest BCUT2D eigenvalue weighted by molar-refractivity contribution is -0.134. The predicted molar refractivity (Wildman–Crippen MR) is 105 cm³/mol. The van der Waals surface area contributed by atoms with Crippen LogP contribution in [0.1, 0.15) is 75.8 Å². The summed E-state index contributed by atoms with van der Waals surface area (Å²) in [6, 6.07) is 9.02. The Hall–Kier alpha value is -1.88. The number of rotatable bonds is 6. The molecule has 0 atom stereocenters. The average molecular weight is 370 g/mol. The van der Waals surface area contributed by atoms with Crippen molar-refractivity contribution >= 4 is 11.9 Å². The zero-order valence-corrected chi connectivity index (χ0v) is 16.5. The largest absolute Gasteiger partial charge is 0.326 e. The van der Waals surface area contributed by atoms with E-state index in [1.807, 2.05) is 0 Å². The van der Waals surface area contributed by atoms with Crippen molar-refractivity contribution in [1.29, 1.82) is 0 Å². The lowest BCUT2D eigenvalue weighted by Gasteiger charge is -2.31. The molecule has 4 rings (SSSR count). The molecule has 1 heterocycles. The van der Waals surface area contributed by atoms with E-state index in [2.05, 4.69) is 48.3 Å². The Labute approximate surface area is 162 Å². The Kier molecular flexibility index (Phi) is 4.97. The molecule has 0 bridgehead atoms. The maximum atomic E-state index is 13.1. The molecule has 2 saturated carbocycles. The molecule has 1 N–H and O–H groups in total. The Morgan fingerprint density at radius 1 is 1.11 bits per heavy atom. The fraction of sp³-hybridized carbons (Fsp3) is 0.636. The van der Waals surface area contributed by atoms with Gasteiger partial charge in [0.15, 0.2) is 0 Å². The van der Waals surface area contributed by atoms with Gasteiger partial charge in [0.25, 0.3) is 5.91 Å². The average Bonchev–Trinajstić information content (AvgIpc) is 3.47. The number of nitrogens with one attached hydrogen (secondary N) is 1. The van der Waals surface area contributed by atoms with Gasteiger partial charge >= 0.3 is 6.03 Å². The molecular formula is C22H31N3O2. The molecule has 0 radical (unpaired) electrons. The molecule has 27 heavy (non-hydrogen) atoms. The highest BCUT2D eigenvalue weighted by atomic mass is 16.2.